The van der Waals surface area contributed by atoms with Gasteiger partial charge in [-0.2, -0.15) is 0 Å². The Hall–Kier alpha value is -0.390. The van der Waals surface area contributed by atoms with E-state index in [-0.39, 0.29) is 11.9 Å². The summed E-state index contributed by atoms with van der Waals surface area (Å²) in [4.78, 5) is 13.1. The average Bonchev–Trinajstić information content (AvgIpc) is 2.69. The first-order valence-corrected chi connectivity index (χ1v) is 8.48. The Labute approximate surface area is 127 Å². The number of hydrogen-bond donors (Lipinski definition) is 2. The highest BCUT2D eigenvalue weighted by atomic mass is 79.9. The quantitative estimate of drug-likeness (QED) is 0.859. The number of amides is 1. The van der Waals surface area contributed by atoms with Crippen molar-refractivity contribution in [1.29, 1.82) is 0 Å². The zero-order chi connectivity index (χ0) is 13.8. The van der Waals surface area contributed by atoms with Gasteiger partial charge in [0, 0.05) is 29.9 Å². The van der Waals surface area contributed by atoms with E-state index in [0.717, 1.165) is 6.54 Å². The van der Waals surface area contributed by atoms with Crippen LogP contribution in [0.1, 0.15) is 49.6 Å². The largest absolute Gasteiger partial charge is 0.354 e. The van der Waals surface area contributed by atoms with E-state index in [2.05, 4.69) is 32.6 Å². The molecule has 1 aliphatic carbocycles. The second kappa shape index (κ2) is 6.86. The smallest absolute Gasteiger partial charge is 0.221 e. The molecule has 1 aliphatic rings. The minimum absolute atomic E-state index is 0.130. The molecule has 0 saturated carbocycles. The lowest BCUT2D eigenvalue weighted by Gasteiger charge is -2.23. The first-order valence-electron chi connectivity index (χ1n) is 6.87. The Morgan fingerprint density at radius 3 is 3.11 bits per heavy atom. The number of rotatable bonds is 5. The Balaban J connectivity index is 1.82. The van der Waals surface area contributed by atoms with Gasteiger partial charge in [-0.15, -0.1) is 11.3 Å². The fourth-order valence-corrected chi connectivity index (χ4v) is 4.31. The summed E-state index contributed by atoms with van der Waals surface area (Å²) in [6.07, 6.45) is 4.14. The molecule has 3 nitrogen and oxygen atoms in total. The maximum atomic E-state index is 11.6. The van der Waals surface area contributed by atoms with Gasteiger partial charge in [-0.1, -0.05) is 0 Å². The molecule has 1 amide bonds. The van der Waals surface area contributed by atoms with Gasteiger partial charge in [0.25, 0.3) is 0 Å². The summed E-state index contributed by atoms with van der Waals surface area (Å²) in [5.41, 5.74) is 1.42. The van der Waals surface area contributed by atoms with E-state index in [0.29, 0.717) is 12.5 Å². The lowest BCUT2D eigenvalue weighted by molar-refractivity contribution is -0.121. The molecular formula is C14H21BrN2OS. The molecule has 19 heavy (non-hydrogen) atoms. The number of nitrogens with one attached hydrogen (secondary N) is 2. The number of fused-ring (bicyclic) bond motifs is 1. The van der Waals surface area contributed by atoms with Crippen LogP contribution in [0.3, 0.4) is 0 Å². The van der Waals surface area contributed by atoms with Crippen molar-refractivity contribution in [1.82, 2.24) is 10.6 Å². The third-order valence-corrected chi connectivity index (χ3v) is 4.99. The fraction of sp³-hybridized carbons (Fsp3) is 0.643. The minimum atomic E-state index is 0.130. The van der Waals surface area contributed by atoms with Gasteiger partial charge in [-0.05, 0) is 60.7 Å². The van der Waals surface area contributed by atoms with Crippen LogP contribution in [0.4, 0.5) is 0 Å². The van der Waals surface area contributed by atoms with Gasteiger partial charge in [-0.3, -0.25) is 4.79 Å². The second-order valence-electron chi connectivity index (χ2n) is 5.30. The molecule has 0 aromatic carbocycles. The van der Waals surface area contributed by atoms with Crippen molar-refractivity contribution in [3.05, 3.63) is 20.3 Å². The van der Waals surface area contributed by atoms with Crippen LogP contribution in [0.2, 0.25) is 0 Å². The minimum Gasteiger partial charge on any atom is -0.354 e. The zero-order valence-electron chi connectivity index (χ0n) is 11.5. The van der Waals surface area contributed by atoms with E-state index >= 15 is 0 Å². The molecule has 2 rings (SSSR count). The van der Waals surface area contributed by atoms with Crippen molar-refractivity contribution >= 4 is 33.2 Å². The number of thiophene rings is 1. The number of carbonyl (C=O) groups is 1. The van der Waals surface area contributed by atoms with Crippen LogP contribution in [0.5, 0.6) is 0 Å². The molecule has 5 heteroatoms. The number of halogens is 1. The van der Waals surface area contributed by atoms with Crippen LogP contribution in [0.15, 0.2) is 9.85 Å². The van der Waals surface area contributed by atoms with Crippen LogP contribution < -0.4 is 10.6 Å². The van der Waals surface area contributed by atoms with Crippen molar-refractivity contribution < 1.29 is 4.79 Å². The van der Waals surface area contributed by atoms with E-state index in [1.165, 1.54) is 33.5 Å². The predicted molar refractivity (Wildman–Crippen MR) is 83.6 cm³/mol. The fourth-order valence-electron chi connectivity index (χ4n) is 2.49. The Morgan fingerprint density at radius 2 is 2.37 bits per heavy atom. The van der Waals surface area contributed by atoms with Gasteiger partial charge in [-0.25, -0.2) is 0 Å². The highest BCUT2D eigenvalue weighted by Gasteiger charge is 2.22. The first-order chi connectivity index (χ1) is 9.06. The van der Waals surface area contributed by atoms with Crippen molar-refractivity contribution in [3.63, 3.8) is 0 Å². The summed E-state index contributed by atoms with van der Waals surface area (Å²) in [6, 6.07) is 2.87. The summed E-state index contributed by atoms with van der Waals surface area (Å²) in [5.74, 6) is 0.130. The Morgan fingerprint density at radius 1 is 1.58 bits per heavy atom. The van der Waals surface area contributed by atoms with E-state index in [9.17, 15) is 4.79 Å². The standard InChI is InChI=1S/C14H21BrN2OS/c1-9(2)17-14(18)6-7-16-11-4-3-5-12-10(11)8-13(15)19-12/h8-9,11,16H,3-7H2,1-2H3,(H,17,18). The number of carbonyl (C=O) groups excluding carboxylic acids is 1. The molecule has 1 aromatic heterocycles. The molecule has 1 heterocycles. The molecule has 0 aliphatic heterocycles. The normalized spacial score (nSPS) is 18.4. The number of hydrogen-bond acceptors (Lipinski definition) is 3. The molecule has 0 spiro atoms. The molecule has 0 bridgehead atoms. The van der Waals surface area contributed by atoms with Gasteiger partial charge in [0.15, 0.2) is 0 Å². The molecular weight excluding hydrogens is 324 g/mol. The summed E-state index contributed by atoms with van der Waals surface area (Å²) in [7, 11) is 0. The van der Waals surface area contributed by atoms with Gasteiger partial charge in [0.2, 0.25) is 5.91 Å². The molecule has 0 fully saturated rings. The molecule has 0 radical (unpaired) electrons. The molecule has 1 atom stereocenters. The SMILES string of the molecule is CC(C)NC(=O)CCNC1CCCc2sc(Br)cc21. The van der Waals surface area contributed by atoms with Crippen molar-refractivity contribution in [2.24, 2.45) is 0 Å². The van der Waals surface area contributed by atoms with Gasteiger partial charge < -0.3 is 10.6 Å². The third kappa shape index (κ3) is 4.29. The third-order valence-electron chi connectivity index (χ3n) is 3.28. The maximum absolute atomic E-state index is 11.6. The summed E-state index contributed by atoms with van der Waals surface area (Å²) in [5, 5.41) is 6.44. The van der Waals surface area contributed by atoms with Crippen molar-refractivity contribution in [3.8, 4) is 0 Å². The lowest BCUT2D eigenvalue weighted by Crippen LogP contribution is -2.33. The highest BCUT2D eigenvalue weighted by Crippen LogP contribution is 2.37. The molecule has 106 valence electrons. The van der Waals surface area contributed by atoms with Crippen LogP contribution in [0.25, 0.3) is 0 Å². The highest BCUT2D eigenvalue weighted by molar-refractivity contribution is 9.11. The topological polar surface area (TPSA) is 41.1 Å². The van der Waals surface area contributed by atoms with Gasteiger partial charge in [0.1, 0.15) is 0 Å². The first kappa shape index (κ1) is 15.0. The summed E-state index contributed by atoms with van der Waals surface area (Å²) >= 11 is 5.40. The summed E-state index contributed by atoms with van der Waals surface area (Å²) in [6.45, 7) is 4.72. The second-order valence-corrected chi connectivity index (χ2v) is 7.82. The number of aryl methyl sites for hydroxylation is 1. The summed E-state index contributed by atoms with van der Waals surface area (Å²) < 4.78 is 1.21. The van der Waals surface area contributed by atoms with E-state index in [4.69, 9.17) is 0 Å². The Bertz CT molecular complexity index is 445. The monoisotopic (exact) mass is 344 g/mol. The molecule has 0 saturated heterocycles. The predicted octanol–water partition coefficient (Wildman–Crippen LogP) is 3.39. The Kier molecular flexibility index (Phi) is 5.42. The van der Waals surface area contributed by atoms with Crippen LogP contribution in [-0.4, -0.2) is 18.5 Å². The maximum Gasteiger partial charge on any atom is 0.221 e. The zero-order valence-corrected chi connectivity index (χ0v) is 13.9. The average molecular weight is 345 g/mol. The van der Waals surface area contributed by atoms with Gasteiger partial charge >= 0.3 is 0 Å². The van der Waals surface area contributed by atoms with E-state index in [1.807, 2.05) is 25.2 Å². The van der Waals surface area contributed by atoms with Crippen LogP contribution in [-0.2, 0) is 11.2 Å². The molecule has 1 unspecified atom stereocenters. The molecule has 1 aromatic rings. The van der Waals surface area contributed by atoms with Crippen molar-refractivity contribution in [2.45, 2.75) is 51.6 Å². The van der Waals surface area contributed by atoms with E-state index < -0.39 is 0 Å². The van der Waals surface area contributed by atoms with Crippen LogP contribution in [0, 0.1) is 0 Å². The van der Waals surface area contributed by atoms with Crippen molar-refractivity contribution in [2.75, 3.05) is 6.54 Å². The lowest BCUT2D eigenvalue weighted by atomic mass is 9.94. The van der Waals surface area contributed by atoms with Crippen LogP contribution >= 0.6 is 27.3 Å². The van der Waals surface area contributed by atoms with E-state index in [1.54, 1.807) is 0 Å². The van der Waals surface area contributed by atoms with Gasteiger partial charge in [0.05, 0.1) is 3.79 Å². The molecule has 2 N–H and O–H groups in total.